The number of aliphatic imine (C=N–C) groups is 1. The molecular formula is C17H32N4O2. The van der Waals surface area contributed by atoms with E-state index in [9.17, 15) is 4.79 Å². The van der Waals surface area contributed by atoms with Crippen molar-refractivity contribution in [3.05, 3.63) is 12.2 Å². The monoisotopic (exact) mass is 324 g/mol. The second-order valence-corrected chi connectivity index (χ2v) is 6.67. The second-order valence-electron chi connectivity index (χ2n) is 6.67. The molecule has 0 saturated carbocycles. The number of guanidine groups is 1. The summed E-state index contributed by atoms with van der Waals surface area (Å²) in [6.07, 6.45) is 5.65. The number of nitrogens with zero attached hydrogens (tertiary/aromatic N) is 2. The van der Waals surface area contributed by atoms with Gasteiger partial charge in [-0.25, -0.2) is 4.79 Å². The third kappa shape index (κ3) is 7.90. The molecule has 6 heteroatoms. The van der Waals surface area contributed by atoms with E-state index in [-0.39, 0.29) is 12.1 Å². The minimum atomic E-state index is -0.467. The number of alkyl carbamates (subject to hydrolysis) is 1. The van der Waals surface area contributed by atoms with Crippen molar-refractivity contribution in [1.29, 1.82) is 0 Å². The van der Waals surface area contributed by atoms with E-state index in [1.165, 1.54) is 0 Å². The number of carbonyl (C=O) groups excluding carboxylic acids is 1. The van der Waals surface area contributed by atoms with Crippen LogP contribution in [0.2, 0.25) is 0 Å². The summed E-state index contributed by atoms with van der Waals surface area (Å²) < 4.78 is 5.31. The molecule has 1 aliphatic rings. The van der Waals surface area contributed by atoms with Gasteiger partial charge >= 0.3 is 6.09 Å². The predicted molar refractivity (Wildman–Crippen MR) is 94.8 cm³/mol. The second kappa shape index (κ2) is 9.43. The Labute approximate surface area is 140 Å². The first-order valence-electron chi connectivity index (χ1n) is 8.49. The van der Waals surface area contributed by atoms with Crippen LogP contribution in [-0.4, -0.2) is 54.8 Å². The third-order valence-corrected chi connectivity index (χ3v) is 3.34. The molecule has 1 unspecified atom stereocenters. The molecule has 0 aromatic rings. The first kappa shape index (κ1) is 19.3. The maximum absolute atomic E-state index is 11.9. The van der Waals surface area contributed by atoms with Crippen molar-refractivity contribution < 1.29 is 9.53 Å². The van der Waals surface area contributed by atoms with E-state index in [2.05, 4.69) is 33.5 Å². The number of rotatable bonds is 5. The average Bonchev–Trinajstić information content (AvgIpc) is 2.88. The van der Waals surface area contributed by atoms with Crippen LogP contribution in [0.5, 0.6) is 0 Å². The average molecular weight is 324 g/mol. The summed E-state index contributed by atoms with van der Waals surface area (Å²) in [5.41, 5.74) is -0.467. The fraction of sp³-hybridized carbons (Fsp3) is 0.765. The lowest BCUT2D eigenvalue weighted by Gasteiger charge is -2.23. The van der Waals surface area contributed by atoms with Gasteiger partial charge in [0.1, 0.15) is 5.60 Å². The zero-order valence-electron chi connectivity index (χ0n) is 15.2. The van der Waals surface area contributed by atoms with Crippen LogP contribution in [-0.2, 0) is 4.74 Å². The van der Waals surface area contributed by atoms with E-state index in [4.69, 9.17) is 4.74 Å². The first-order valence-corrected chi connectivity index (χ1v) is 8.49. The molecule has 1 rings (SSSR count). The Morgan fingerprint density at radius 3 is 2.78 bits per heavy atom. The number of hydrogen-bond donors (Lipinski definition) is 2. The summed E-state index contributed by atoms with van der Waals surface area (Å²) in [4.78, 5) is 18.7. The van der Waals surface area contributed by atoms with Crippen molar-refractivity contribution in [1.82, 2.24) is 15.5 Å². The molecular weight excluding hydrogens is 292 g/mol. The summed E-state index contributed by atoms with van der Waals surface area (Å²) in [5, 5.41) is 6.26. The molecule has 1 heterocycles. The largest absolute Gasteiger partial charge is 0.444 e. The smallest absolute Gasteiger partial charge is 0.407 e. The van der Waals surface area contributed by atoms with E-state index >= 15 is 0 Å². The Morgan fingerprint density at radius 1 is 1.43 bits per heavy atom. The zero-order chi connectivity index (χ0) is 17.3. The Hall–Kier alpha value is -1.72. The molecule has 1 aliphatic heterocycles. The van der Waals surface area contributed by atoms with Crippen LogP contribution in [0.25, 0.3) is 0 Å². The number of hydrogen-bond acceptors (Lipinski definition) is 3. The topological polar surface area (TPSA) is 66.0 Å². The van der Waals surface area contributed by atoms with Crippen LogP contribution in [0.15, 0.2) is 17.1 Å². The summed E-state index contributed by atoms with van der Waals surface area (Å²) in [7, 11) is 0. The van der Waals surface area contributed by atoms with Crippen molar-refractivity contribution in [3.63, 3.8) is 0 Å². The number of allylic oxidation sites excluding steroid dienone is 1. The van der Waals surface area contributed by atoms with Crippen LogP contribution < -0.4 is 10.6 Å². The highest BCUT2D eigenvalue weighted by Gasteiger charge is 2.27. The lowest BCUT2D eigenvalue weighted by Crippen LogP contribution is -2.44. The van der Waals surface area contributed by atoms with E-state index in [0.29, 0.717) is 0 Å². The van der Waals surface area contributed by atoms with Gasteiger partial charge in [0.05, 0.1) is 6.04 Å². The Morgan fingerprint density at radius 2 is 2.17 bits per heavy atom. The molecule has 0 aromatic heterocycles. The van der Waals surface area contributed by atoms with Gasteiger partial charge < -0.3 is 20.3 Å². The number of likely N-dealkylation sites (tertiary alicyclic amines) is 1. The Balaban J connectivity index is 2.50. The number of nitrogens with one attached hydrogen (secondary N) is 2. The molecule has 6 nitrogen and oxygen atoms in total. The maximum atomic E-state index is 11.9. The molecule has 132 valence electrons. The standard InChI is InChI=1S/C17H32N4O2/c1-6-8-9-11-19-15(18-7-2)21-12-10-14(13-21)20-16(22)23-17(3,4)5/h6,8,14H,7,9-13H2,1-5H3,(H,18,19)(H,20,22)/b8-6+. The lowest BCUT2D eigenvalue weighted by molar-refractivity contribution is 0.0507. The van der Waals surface area contributed by atoms with Gasteiger partial charge in [-0.1, -0.05) is 12.2 Å². The first-order chi connectivity index (χ1) is 10.9. The van der Waals surface area contributed by atoms with Gasteiger partial charge in [-0.15, -0.1) is 0 Å². The quantitative estimate of drug-likeness (QED) is 0.353. The molecule has 0 spiro atoms. The van der Waals surface area contributed by atoms with Crippen molar-refractivity contribution in [3.8, 4) is 0 Å². The van der Waals surface area contributed by atoms with Crippen LogP contribution in [0.1, 0.15) is 47.5 Å². The van der Waals surface area contributed by atoms with Crippen molar-refractivity contribution in [2.24, 2.45) is 4.99 Å². The highest BCUT2D eigenvalue weighted by Crippen LogP contribution is 2.12. The summed E-state index contributed by atoms with van der Waals surface area (Å²) in [5.74, 6) is 0.922. The maximum Gasteiger partial charge on any atom is 0.407 e. The van der Waals surface area contributed by atoms with Crippen LogP contribution in [0.3, 0.4) is 0 Å². The summed E-state index contributed by atoms with van der Waals surface area (Å²) in [6, 6.07) is 0.101. The highest BCUT2D eigenvalue weighted by molar-refractivity contribution is 5.80. The molecule has 1 atom stereocenters. The molecule has 23 heavy (non-hydrogen) atoms. The molecule has 2 N–H and O–H groups in total. The van der Waals surface area contributed by atoms with Crippen LogP contribution in [0, 0.1) is 0 Å². The Kier molecular flexibility index (Phi) is 7.92. The lowest BCUT2D eigenvalue weighted by atomic mass is 10.2. The molecule has 1 saturated heterocycles. The molecule has 0 radical (unpaired) electrons. The van der Waals surface area contributed by atoms with Crippen molar-refractivity contribution in [2.45, 2.75) is 59.1 Å². The van der Waals surface area contributed by atoms with Crippen molar-refractivity contribution in [2.75, 3.05) is 26.2 Å². The van der Waals surface area contributed by atoms with Crippen LogP contribution >= 0.6 is 0 Å². The van der Waals surface area contributed by atoms with Gasteiger partial charge in [0, 0.05) is 26.2 Å². The van der Waals surface area contributed by atoms with E-state index in [1.54, 1.807) is 0 Å². The number of amides is 1. The van der Waals surface area contributed by atoms with Gasteiger partial charge in [-0.2, -0.15) is 0 Å². The highest BCUT2D eigenvalue weighted by atomic mass is 16.6. The number of ether oxygens (including phenoxy) is 1. The predicted octanol–water partition coefficient (Wildman–Crippen LogP) is 2.52. The fourth-order valence-corrected chi connectivity index (χ4v) is 2.38. The summed E-state index contributed by atoms with van der Waals surface area (Å²) in [6.45, 7) is 12.9. The third-order valence-electron chi connectivity index (χ3n) is 3.34. The van der Waals surface area contributed by atoms with Gasteiger partial charge in [0.15, 0.2) is 5.96 Å². The molecule has 1 fully saturated rings. The van der Waals surface area contributed by atoms with Gasteiger partial charge in [0.2, 0.25) is 0 Å². The molecule has 0 bridgehead atoms. The SMILES string of the molecule is C/C=C/CCN=C(NCC)N1CCC(NC(=O)OC(C)(C)C)C1. The van der Waals surface area contributed by atoms with Crippen molar-refractivity contribution >= 4 is 12.1 Å². The van der Waals surface area contributed by atoms with E-state index in [1.807, 2.05) is 33.8 Å². The Bertz CT molecular complexity index is 427. The zero-order valence-corrected chi connectivity index (χ0v) is 15.2. The van der Waals surface area contributed by atoms with E-state index in [0.717, 1.165) is 45.0 Å². The molecule has 1 amide bonds. The van der Waals surface area contributed by atoms with Gasteiger partial charge in [-0.3, -0.25) is 4.99 Å². The normalized spacial score (nSPS) is 19.3. The van der Waals surface area contributed by atoms with E-state index < -0.39 is 5.60 Å². The molecule has 0 aromatic carbocycles. The van der Waals surface area contributed by atoms with Crippen LogP contribution in [0.4, 0.5) is 4.79 Å². The summed E-state index contributed by atoms with van der Waals surface area (Å²) >= 11 is 0. The number of carbonyl (C=O) groups is 1. The minimum absolute atomic E-state index is 0.101. The van der Waals surface area contributed by atoms with Gasteiger partial charge in [0.25, 0.3) is 0 Å². The fourth-order valence-electron chi connectivity index (χ4n) is 2.38. The van der Waals surface area contributed by atoms with Gasteiger partial charge in [-0.05, 0) is 47.5 Å². The molecule has 0 aliphatic carbocycles. The minimum Gasteiger partial charge on any atom is -0.444 e.